The minimum atomic E-state index is -1.01. The van der Waals surface area contributed by atoms with Gasteiger partial charge >= 0.3 is 5.97 Å². The zero-order chi connectivity index (χ0) is 21.0. The van der Waals surface area contributed by atoms with Crippen molar-refractivity contribution in [3.05, 3.63) is 16.7 Å². The fourth-order valence-corrected chi connectivity index (χ4v) is 1.72. The molecule has 0 bridgehead atoms. The van der Waals surface area contributed by atoms with Crippen molar-refractivity contribution >= 4 is 23.1 Å². The summed E-state index contributed by atoms with van der Waals surface area (Å²) in [4.78, 5) is 32.0. The number of esters is 1. The largest absolute Gasteiger partial charge is 0.462 e. The van der Waals surface area contributed by atoms with Gasteiger partial charge in [0.05, 0.1) is 12.9 Å². The van der Waals surface area contributed by atoms with Crippen LogP contribution < -0.4 is 17.0 Å². The van der Waals surface area contributed by atoms with Gasteiger partial charge in [0, 0.05) is 0 Å². The summed E-state index contributed by atoms with van der Waals surface area (Å²) in [5.41, 5.74) is -0.550. The van der Waals surface area contributed by atoms with Gasteiger partial charge in [-0.25, -0.2) is 4.98 Å². The maximum absolute atomic E-state index is 12.0. The molecule has 2 aromatic rings. The lowest BCUT2D eigenvalue weighted by molar-refractivity contribution is -0.148. The van der Waals surface area contributed by atoms with E-state index in [0.717, 1.165) is 0 Å². The molecule has 10 heteroatoms. The Morgan fingerprint density at radius 1 is 1.57 bits per heavy atom. The predicted molar refractivity (Wildman–Crippen MR) is 82.3 cm³/mol. The van der Waals surface area contributed by atoms with E-state index in [1.807, 2.05) is 0 Å². The van der Waals surface area contributed by atoms with Gasteiger partial charge in [0.15, 0.2) is 15.4 Å². The molecule has 0 saturated carbocycles. The molecule has 2 rings (SSSR count). The number of carbonyl (C=O) groups is 1. The Bertz CT molecular complexity index is 878. The van der Waals surface area contributed by atoms with E-state index in [1.54, 1.807) is 13.8 Å². The summed E-state index contributed by atoms with van der Waals surface area (Å²) in [6.45, 7) is 3.19. The topological polar surface area (TPSA) is 151 Å². The third-order valence-corrected chi connectivity index (χ3v) is 3.00. The fraction of sp³-hybridized carbons (Fsp3) is 0.538. The number of carbonyl (C=O) groups excluding carboxylic acids is 1. The van der Waals surface area contributed by atoms with Crippen molar-refractivity contribution < 1.29 is 21.3 Å². The van der Waals surface area contributed by atoms with E-state index in [9.17, 15) is 9.59 Å². The van der Waals surface area contributed by atoms with Crippen molar-refractivity contribution in [2.45, 2.75) is 26.6 Å². The highest BCUT2D eigenvalue weighted by atomic mass is 16.6. The second-order valence-electron chi connectivity index (χ2n) is 5.11. The Kier molecular flexibility index (Phi) is 3.49. The molecule has 0 aliphatic heterocycles. The molecule has 0 aromatic carbocycles. The van der Waals surface area contributed by atoms with E-state index >= 15 is 0 Å². The van der Waals surface area contributed by atoms with E-state index in [4.69, 9.17) is 16.5 Å². The van der Waals surface area contributed by atoms with Crippen LogP contribution >= 0.6 is 0 Å². The SMILES string of the molecule is [2H]N([2H])c1nc2c(ncn2COCCOC(=O)[C@H](C(C)C)N([2H])[2H])c(=O)n1[2H]. The molecule has 0 saturated heterocycles. The first-order valence-corrected chi connectivity index (χ1v) is 6.91. The molecule has 2 heterocycles. The number of nitrogen functional groups attached to an aromatic ring is 1. The average molecular weight is 329 g/mol. The molecule has 0 aliphatic carbocycles. The van der Waals surface area contributed by atoms with Crippen LogP contribution in [0.3, 0.4) is 0 Å². The Hall–Kier alpha value is -2.46. The van der Waals surface area contributed by atoms with Gasteiger partial charge in [-0.2, -0.15) is 4.98 Å². The molecule has 0 fully saturated rings. The Morgan fingerprint density at radius 2 is 2.39 bits per heavy atom. The van der Waals surface area contributed by atoms with Crippen LogP contribution in [0.25, 0.3) is 11.2 Å². The number of ether oxygens (including phenoxy) is 2. The third-order valence-electron chi connectivity index (χ3n) is 3.00. The molecule has 5 N–H and O–H groups in total. The molecule has 0 unspecified atom stereocenters. The summed E-state index contributed by atoms with van der Waals surface area (Å²) in [5.74, 6) is -1.48. The zero-order valence-electron chi connectivity index (χ0n) is 17.7. The third kappa shape index (κ3) is 4.05. The normalized spacial score (nSPS) is 15.7. The molecule has 0 radical (unpaired) electrons. The highest BCUT2D eigenvalue weighted by Crippen LogP contribution is 2.06. The van der Waals surface area contributed by atoms with Crippen LogP contribution in [0, 0.1) is 5.92 Å². The standard InChI is InChI=1S/C13H20N6O4/c1-7(2)8(14)12(21)23-4-3-22-6-19-5-16-9-10(19)17-13(15)18-11(9)20/h5,7-8H,3-4,6,14H2,1-2H3,(H3,15,17,18,20)/t8-/m0/s1/i/hD5. The summed E-state index contributed by atoms with van der Waals surface area (Å²) in [6.07, 6.45) is 1.26. The van der Waals surface area contributed by atoms with Gasteiger partial charge in [0.2, 0.25) is 5.95 Å². The number of rotatable bonds is 9. The number of imidazole rings is 1. The first-order chi connectivity index (χ1) is 13.1. The van der Waals surface area contributed by atoms with Crippen molar-refractivity contribution in [3.8, 4) is 0 Å². The van der Waals surface area contributed by atoms with Gasteiger partial charge in [0.25, 0.3) is 5.56 Å². The smallest absolute Gasteiger partial charge is 0.323 e. The number of aromatic amines is 1. The van der Waals surface area contributed by atoms with Crippen LogP contribution in [-0.4, -0.2) is 44.7 Å². The van der Waals surface area contributed by atoms with Gasteiger partial charge in [-0.15, -0.1) is 0 Å². The summed E-state index contributed by atoms with van der Waals surface area (Å²) in [6, 6.07) is -1.01. The number of nitrogens with zero attached hydrogens (tertiary/aromatic N) is 3. The van der Waals surface area contributed by atoms with Crippen LogP contribution in [0.1, 0.15) is 13.8 Å². The quantitative estimate of drug-likeness (QED) is 0.399. The molecule has 0 spiro atoms. The second kappa shape index (κ2) is 7.20. The van der Waals surface area contributed by atoms with Crippen molar-refractivity contribution in [2.24, 2.45) is 11.6 Å². The maximum Gasteiger partial charge on any atom is 0.323 e. The molecule has 10 nitrogen and oxygen atoms in total. The molecule has 0 amide bonds. The van der Waals surface area contributed by atoms with Crippen molar-refractivity contribution in [1.82, 2.24) is 19.5 Å². The van der Waals surface area contributed by atoms with Gasteiger partial charge in [0.1, 0.15) is 22.2 Å². The number of aromatic nitrogens is 4. The molecule has 1 atom stereocenters. The zero-order valence-corrected chi connectivity index (χ0v) is 12.7. The first-order valence-electron chi connectivity index (χ1n) is 9.15. The van der Waals surface area contributed by atoms with Gasteiger partial charge < -0.3 is 20.9 Å². The molecule has 23 heavy (non-hydrogen) atoms. The van der Waals surface area contributed by atoms with E-state index in [2.05, 4.69) is 9.97 Å². The predicted octanol–water partition coefficient (Wildman–Crippen LogP) is -0.798. The monoisotopic (exact) mass is 329 g/mol. The molecular formula is C13H20N6O4. The van der Waals surface area contributed by atoms with Crippen LogP contribution in [0.15, 0.2) is 11.1 Å². The highest BCUT2D eigenvalue weighted by molar-refractivity contribution is 5.75. The summed E-state index contributed by atoms with van der Waals surface area (Å²) < 4.78 is 48.1. The lowest BCUT2D eigenvalue weighted by Crippen LogP contribution is -2.37. The Morgan fingerprint density at radius 3 is 3.09 bits per heavy atom. The molecular weight excluding hydrogens is 304 g/mol. The number of nitrogens with one attached hydrogen (secondary N) is 1. The van der Waals surface area contributed by atoms with E-state index < -0.39 is 23.5 Å². The molecule has 126 valence electrons. The van der Waals surface area contributed by atoms with Crippen LogP contribution in [0.2, 0.25) is 7.06 Å². The van der Waals surface area contributed by atoms with Crippen molar-refractivity contribution in [1.29, 1.82) is 0 Å². The fourth-order valence-electron chi connectivity index (χ4n) is 1.72. The Labute approximate surface area is 139 Å². The molecule has 0 aliphatic rings. The summed E-state index contributed by atoms with van der Waals surface area (Å²) >= 11 is 0. The minimum Gasteiger partial charge on any atom is -0.462 e. The van der Waals surface area contributed by atoms with Crippen molar-refractivity contribution in [2.75, 3.05) is 18.9 Å². The van der Waals surface area contributed by atoms with Gasteiger partial charge in [-0.05, 0) is 5.92 Å². The molecule has 2 aromatic heterocycles. The van der Waals surface area contributed by atoms with Crippen LogP contribution in [-0.2, 0) is 21.0 Å². The summed E-state index contributed by atoms with van der Waals surface area (Å²) in [5, 5.41) is 0. The van der Waals surface area contributed by atoms with E-state index in [1.165, 1.54) is 10.9 Å². The van der Waals surface area contributed by atoms with Crippen LogP contribution in [0.4, 0.5) is 5.95 Å². The number of nitrogens with two attached hydrogens (primary N) is 2. The number of H-pyrrole nitrogens is 1. The number of hydrogen-bond acceptors (Lipinski definition) is 8. The Balaban J connectivity index is 1.96. The van der Waals surface area contributed by atoms with Gasteiger partial charge in [-0.1, -0.05) is 13.8 Å². The average Bonchev–Trinajstić information content (AvgIpc) is 3.00. The number of anilines is 1. The second-order valence-corrected chi connectivity index (χ2v) is 5.11. The van der Waals surface area contributed by atoms with Crippen LogP contribution in [0.5, 0.6) is 0 Å². The lowest BCUT2D eigenvalue weighted by Gasteiger charge is -2.14. The lowest BCUT2D eigenvalue weighted by atomic mass is 10.1. The number of fused-ring (bicyclic) bond motifs is 1. The first kappa shape index (κ1) is 11.1. The number of hydrogen-bond donors (Lipinski definition) is 3. The maximum atomic E-state index is 12.0. The van der Waals surface area contributed by atoms with Gasteiger partial charge in [-0.3, -0.25) is 19.1 Å². The highest BCUT2D eigenvalue weighted by Gasteiger charge is 2.18. The minimum absolute atomic E-state index is 0.00237. The summed E-state index contributed by atoms with van der Waals surface area (Å²) in [7, 11) is 0. The van der Waals surface area contributed by atoms with E-state index in [-0.39, 0.29) is 42.7 Å². The van der Waals surface area contributed by atoms with Crippen molar-refractivity contribution in [3.63, 3.8) is 0 Å². The van der Waals surface area contributed by atoms with E-state index in [0.29, 0.717) is 10.7 Å².